The van der Waals surface area contributed by atoms with Crippen LogP contribution in [0.15, 0.2) is 243 Å². The van der Waals surface area contributed by atoms with Gasteiger partial charge in [-0.25, -0.2) is 0 Å². The number of para-hydroxylation sites is 6. The summed E-state index contributed by atoms with van der Waals surface area (Å²) in [4.78, 5) is 5.39. The van der Waals surface area contributed by atoms with Crippen LogP contribution in [0.5, 0.6) is 0 Å². The molecule has 16 rings (SSSR count). The molecule has 4 heterocycles. The Morgan fingerprint density at radius 3 is 1.14 bits per heavy atom. The van der Waals surface area contributed by atoms with Crippen molar-refractivity contribution in [3.8, 4) is 33.6 Å². The Morgan fingerprint density at radius 2 is 0.729 bits per heavy atom. The number of fused-ring (bicyclic) bond motifs is 10. The van der Waals surface area contributed by atoms with Gasteiger partial charge in [-0.15, -0.1) is 0 Å². The molecular weight excluding hydrogens is 1030 g/mol. The van der Waals surface area contributed by atoms with Gasteiger partial charge in [-0.1, -0.05) is 231 Å². The maximum Gasteiger partial charge on any atom is 0.252 e. The second-order valence-corrected chi connectivity index (χ2v) is 26.3. The summed E-state index contributed by atoms with van der Waals surface area (Å²) < 4.78 is 5.00. The highest BCUT2D eigenvalue weighted by atomic mass is 15.2. The smallest absolute Gasteiger partial charge is 0.252 e. The number of hydrogen-bond acceptors (Lipinski definition) is 2. The van der Waals surface area contributed by atoms with Crippen LogP contribution in [0.4, 0.5) is 34.1 Å². The fourth-order valence-electron chi connectivity index (χ4n) is 15.0. The van der Waals surface area contributed by atoms with Gasteiger partial charge in [0.25, 0.3) is 6.71 Å². The van der Waals surface area contributed by atoms with Crippen LogP contribution < -0.4 is 26.2 Å². The minimum Gasteiger partial charge on any atom is -0.311 e. The number of aromatic nitrogens is 2. The average molecular weight is 1100 g/mol. The van der Waals surface area contributed by atoms with E-state index < -0.39 is 0 Å². The first kappa shape index (κ1) is 51.3. The third-order valence-corrected chi connectivity index (χ3v) is 19.2. The molecule has 2 aliphatic heterocycles. The minimum atomic E-state index is -0.102. The number of anilines is 6. The van der Waals surface area contributed by atoms with Gasteiger partial charge >= 0.3 is 0 Å². The van der Waals surface area contributed by atoms with Gasteiger partial charge in [0, 0.05) is 66.8 Å². The van der Waals surface area contributed by atoms with Crippen LogP contribution in [0.2, 0.25) is 0 Å². The zero-order valence-corrected chi connectivity index (χ0v) is 49.6. The van der Waals surface area contributed by atoms with Crippen LogP contribution in [0.1, 0.15) is 96.3 Å². The number of benzene rings is 11. The molecule has 1 aliphatic carbocycles. The van der Waals surface area contributed by atoms with Crippen molar-refractivity contribution in [2.24, 2.45) is 0 Å². The molecule has 0 radical (unpaired) electrons. The molecule has 1 saturated carbocycles. The van der Waals surface area contributed by atoms with Crippen molar-refractivity contribution >= 4 is 101 Å². The lowest BCUT2D eigenvalue weighted by Crippen LogP contribution is -2.61. The topological polar surface area (TPSA) is 16.3 Å². The SMILES string of the molecule is CC(C)(C)c1cccc(-c2ccccc2N2c3cc(-n4c5ccccc5c5ccccc54)ccc3B3c4ccc(-n5c6ccccc6c6ccccc65)cc4N(c4ccccc4-c4cccc(C(C)(C)C)c4)c4cc(C5CCCCC5)cc2c43)c1. The minimum absolute atomic E-state index is 0.0247. The number of nitrogens with zero attached hydrogens (tertiary/aromatic N) is 4. The van der Waals surface area contributed by atoms with Crippen molar-refractivity contribution in [2.45, 2.75) is 90.4 Å². The Morgan fingerprint density at radius 1 is 0.341 bits per heavy atom. The monoisotopic (exact) mass is 1100 g/mol. The molecule has 0 bridgehead atoms. The molecule has 2 aromatic heterocycles. The van der Waals surface area contributed by atoms with Crippen LogP contribution in [0, 0.1) is 0 Å². The lowest BCUT2D eigenvalue weighted by atomic mass is 9.33. The van der Waals surface area contributed by atoms with Crippen LogP contribution in [0.3, 0.4) is 0 Å². The summed E-state index contributed by atoms with van der Waals surface area (Å²) >= 11 is 0. The third kappa shape index (κ3) is 8.25. The molecule has 5 heteroatoms. The predicted octanol–water partition coefficient (Wildman–Crippen LogP) is 19.9. The average Bonchev–Trinajstić information content (AvgIpc) is 1.21. The van der Waals surface area contributed by atoms with Crippen LogP contribution in [0.25, 0.3) is 77.2 Å². The van der Waals surface area contributed by atoms with Crippen molar-refractivity contribution in [2.75, 3.05) is 9.80 Å². The van der Waals surface area contributed by atoms with Gasteiger partial charge in [-0.3, -0.25) is 0 Å². The van der Waals surface area contributed by atoms with Gasteiger partial charge in [0.15, 0.2) is 0 Å². The van der Waals surface area contributed by atoms with E-state index in [9.17, 15) is 0 Å². The van der Waals surface area contributed by atoms with Crippen molar-refractivity contribution in [1.82, 2.24) is 9.13 Å². The molecule has 0 spiro atoms. The summed E-state index contributed by atoms with van der Waals surface area (Å²) in [5, 5.41) is 5.04. The highest BCUT2D eigenvalue weighted by Crippen LogP contribution is 2.51. The Balaban J connectivity index is 1.03. The molecule has 1 fully saturated rings. The van der Waals surface area contributed by atoms with E-state index in [2.05, 4.69) is 303 Å². The van der Waals surface area contributed by atoms with E-state index in [-0.39, 0.29) is 17.5 Å². The Kier molecular flexibility index (Phi) is 11.9. The first-order valence-electron chi connectivity index (χ1n) is 30.9. The molecule has 0 unspecified atom stereocenters. The Bertz CT molecular complexity index is 4420. The summed E-state index contributed by atoms with van der Waals surface area (Å²) in [6.07, 6.45) is 6.12. The lowest BCUT2D eigenvalue weighted by molar-refractivity contribution is 0.444. The summed E-state index contributed by atoms with van der Waals surface area (Å²) in [6, 6.07) is 93.0. The molecule has 4 nitrogen and oxygen atoms in total. The van der Waals surface area contributed by atoms with Crippen molar-refractivity contribution in [3.63, 3.8) is 0 Å². The number of rotatable bonds is 7. The molecular formula is C80H69BN4. The quantitative estimate of drug-likeness (QED) is 0.148. The lowest BCUT2D eigenvalue weighted by Gasteiger charge is -2.45. The standard InChI is InChI=1S/C80H69BN4/c1-79(2,3)56-28-22-26-53(46-56)60-30-10-16-36-68(60)84-74-50-58(82-70-38-18-12-32-62(70)63-33-13-19-39-71(63)82)42-44-66(74)81-67-45-43-59(83-72-40-20-14-34-64(72)65-35-15-21-41-73(65)83)51-75(67)85(77-49-55(48-76(84)78(77)81)52-24-8-7-9-25-52)69-37-17-11-31-61(69)54-27-23-29-57(47-54)80(4,5)6/h10-23,26-52H,7-9,24-25H2,1-6H3. The Labute approximate surface area is 500 Å². The molecule has 0 saturated heterocycles. The molecule has 0 amide bonds. The molecule has 11 aromatic carbocycles. The molecule has 0 N–H and O–H groups in total. The summed E-state index contributed by atoms with van der Waals surface area (Å²) in [7, 11) is 0. The van der Waals surface area contributed by atoms with Gasteiger partial charge in [0.2, 0.25) is 0 Å². The van der Waals surface area contributed by atoms with Gasteiger partial charge in [0.1, 0.15) is 0 Å². The molecule has 0 atom stereocenters. The van der Waals surface area contributed by atoms with E-state index in [1.54, 1.807) is 0 Å². The highest BCUT2D eigenvalue weighted by Gasteiger charge is 2.45. The summed E-state index contributed by atoms with van der Waals surface area (Å²) in [5.41, 5.74) is 27.2. The fourth-order valence-corrected chi connectivity index (χ4v) is 15.0. The molecule has 13 aromatic rings. The van der Waals surface area contributed by atoms with E-state index in [1.807, 2.05) is 0 Å². The van der Waals surface area contributed by atoms with E-state index in [1.165, 1.54) is 165 Å². The van der Waals surface area contributed by atoms with E-state index in [0.29, 0.717) is 5.92 Å². The van der Waals surface area contributed by atoms with Crippen LogP contribution >= 0.6 is 0 Å². The molecule has 3 aliphatic rings. The normalized spacial score (nSPS) is 14.4. The van der Waals surface area contributed by atoms with E-state index in [0.717, 1.165) is 11.4 Å². The second-order valence-electron chi connectivity index (χ2n) is 26.3. The van der Waals surface area contributed by atoms with Gasteiger partial charge in [-0.05, 0) is 147 Å². The van der Waals surface area contributed by atoms with Gasteiger partial charge < -0.3 is 18.9 Å². The third-order valence-electron chi connectivity index (χ3n) is 19.2. The fraction of sp³-hybridized carbons (Fsp3) is 0.175. The van der Waals surface area contributed by atoms with Crippen molar-refractivity contribution in [1.29, 1.82) is 0 Å². The predicted molar refractivity (Wildman–Crippen MR) is 363 cm³/mol. The van der Waals surface area contributed by atoms with Gasteiger partial charge in [0.05, 0.1) is 33.4 Å². The summed E-state index contributed by atoms with van der Waals surface area (Å²) in [6.45, 7) is 13.9. The first-order chi connectivity index (χ1) is 41.5. The van der Waals surface area contributed by atoms with E-state index in [4.69, 9.17) is 0 Å². The maximum absolute atomic E-state index is 2.70. The van der Waals surface area contributed by atoms with Gasteiger partial charge in [-0.2, -0.15) is 0 Å². The summed E-state index contributed by atoms with van der Waals surface area (Å²) in [5.74, 6) is 0.422. The zero-order chi connectivity index (χ0) is 57.3. The van der Waals surface area contributed by atoms with Crippen LogP contribution in [-0.4, -0.2) is 15.8 Å². The first-order valence-corrected chi connectivity index (χ1v) is 30.9. The van der Waals surface area contributed by atoms with Crippen molar-refractivity contribution < 1.29 is 0 Å². The van der Waals surface area contributed by atoms with Crippen molar-refractivity contribution in [3.05, 3.63) is 259 Å². The van der Waals surface area contributed by atoms with Crippen LogP contribution in [-0.2, 0) is 10.8 Å². The maximum atomic E-state index is 2.70. The highest BCUT2D eigenvalue weighted by molar-refractivity contribution is 7.00. The molecule has 412 valence electrons. The zero-order valence-electron chi connectivity index (χ0n) is 49.6. The van der Waals surface area contributed by atoms with E-state index >= 15 is 0 Å². The second kappa shape index (κ2) is 19.6. The molecule has 85 heavy (non-hydrogen) atoms. The number of hydrogen-bond donors (Lipinski definition) is 0. The largest absolute Gasteiger partial charge is 0.311 e. The Hall–Kier alpha value is -9.32.